The molecule has 2 aliphatic heterocycles. The molecule has 6 nitrogen and oxygen atoms in total. The van der Waals surface area contributed by atoms with Crippen molar-refractivity contribution in [1.82, 2.24) is 4.90 Å². The normalized spacial score (nSPS) is 26.5. The summed E-state index contributed by atoms with van der Waals surface area (Å²) in [6, 6.07) is 11.7. The number of hydrogen-bond acceptors (Lipinski definition) is 5. The highest BCUT2D eigenvalue weighted by Crippen LogP contribution is 2.47. The SMILES string of the molecule is CN1C(=O)C(C)(C)[C@@](C)(c2cc(CC3CS(=O)(=O)c4ccccc43)ccc2F)N=C1N. The molecule has 0 spiro atoms. The van der Waals surface area contributed by atoms with E-state index < -0.39 is 26.6 Å². The lowest BCUT2D eigenvalue weighted by Gasteiger charge is -2.46. The van der Waals surface area contributed by atoms with E-state index in [-0.39, 0.29) is 29.1 Å². The molecule has 2 aromatic carbocycles. The summed E-state index contributed by atoms with van der Waals surface area (Å²) in [5, 5.41) is 0. The molecule has 0 aliphatic carbocycles. The van der Waals surface area contributed by atoms with Crippen LogP contribution in [0.3, 0.4) is 0 Å². The summed E-state index contributed by atoms with van der Waals surface area (Å²) in [6.07, 6.45) is 0.438. The van der Waals surface area contributed by atoms with Crippen LogP contribution in [0.1, 0.15) is 43.4 Å². The molecule has 2 atom stereocenters. The van der Waals surface area contributed by atoms with Crippen molar-refractivity contribution in [3.63, 3.8) is 0 Å². The topological polar surface area (TPSA) is 92.8 Å². The number of halogens is 1. The van der Waals surface area contributed by atoms with Crippen LogP contribution in [0.4, 0.5) is 4.39 Å². The number of aliphatic imine (C=N–C) groups is 1. The smallest absolute Gasteiger partial charge is 0.237 e. The third kappa shape index (κ3) is 3.15. The fourth-order valence-electron chi connectivity index (χ4n) is 4.64. The van der Waals surface area contributed by atoms with E-state index >= 15 is 4.39 Å². The molecule has 2 aromatic rings. The second-order valence-corrected chi connectivity index (χ2v) is 11.1. The molecular formula is C23H26FN3O3S. The van der Waals surface area contributed by atoms with Crippen molar-refractivity contribution >= 4 is 21.7 Å². The molecule has 2 aliphatic rings. The van der Waals surface area contributed by atoms with E-state index in [1.54, 1.807) is 52.1 Å². The lowest BCUT2D eigenvalue weighted by Crippen LogP contribution is -2.58. The summed E-state index contributed by atoms with van der Waals surface area (Å²) in [5.41, 5.74) is 5.57. The number of nitrogens with two attached hydrogens (primary N) is 1. The minimum absolute atomic E-state index is 0.0240. The zero-order valence-corrected chi connectivity index (χ0v) is 18.8. The van der Waals surface area contributed by atoms with Crippen LogP contribution in [0.25, 0.3) is 0 Å². The first-order chi connectivity index (χ1) is 14.4. The van der Waals surface area contributed by atoms with Gasteiger partial charge in [0.1, 0.15) is 11.4 Å². The summed E-state index contributed by atoms with van der Waals surface area (Å²) in [5.74, 6) is -0.882. The number of nitrogens with zero attached hydrogens (tertiary/aromatic N) is 2. The van der Waals surface area contributed by atoms with Gasteiger partial charge in [-0.2, -0.15) is 0 Å². The maximum Gasteiger partial charge on any atom is 0.237 e. The number of carbonyl (C=O) groups is 1. The highest BCUT2D eigenvalue weighted by Gasteiger charge is 2.53. The van der Waals surface area contributed by atoms with Gasteiger partial charge in [0.15, 0.2) is 15.8 Å². The second kappa shape index (κ2) is 6.88. The molecular weight excluding hydrogens is 417 g/mol. The Kier molecular flexibility index (Phi) is 4.77. The van der Waals surface area contributed by atoms with Crippen LogP contribution >= 0.6 is 0 Å². The van der Waals surface area contributed by atoms with Gasteiger partial charge in [-0.15, -0.1) is 0 Å². The number of guanidine groups is 1. The van der Waals surface area contributed by atoms with Crippen molar-refractivity contribution in [3.8, 4) is 0 Å². The van der Waals surface area contributed by atoms with Crippen LogP contribution in [0.5, 0.6) is 0 Å². The molecule has 0 radical (unpaired) electrons. The quantitative estimate of drug-likeness (QED) is 0.789. The summed E-state index contributed by atoms with van der Waals surface area (Å²) in [7, 11) is -1.78. The molecule has 1 amide bonds. The maximum atomic E-state index is 15.0. The van der Waals surface area contributed by atoms with E-state index in [9.17, 15) is 13.2 Å². The van der Waals surface area contributed by atoms with E-state index in [4.69, 9.17) is 5.73 Å². The molecule has 0 fully saturated rings. The number of carbonyl (C=O) groups excluding carboxylic acids is 1. The molecule has 1 unspecified atom stereocenters. The van der Waals surface area contributed by atoms with Gasteiger partial charge in [0, 0.05) is 18.5 Å². The maximum absolute atomic E-state index is 15.0. The van der Waals surface area contributed by atoms with Crippen molar-refractivity contribution in [2.45, 2.75) is 43.5 Å². The predicted molar refractivity (Wildman–Crippen MR) is 117 cm³/mol. The van der Waals surface area contributed by atoms with Crippen molar-refractivity contribution in [3.05, 3.63) is 65.0 Å². The first-order valence-corrected chi connectivity index (χ1v) is 11.8. The summed E-state index contributed by atoms with van der Waals surface area (Å²) in [4.78, 5) is 19.1. The van der Waals surface area contributed by atoms with Crippen molar-refractivity contribution in [2.24, 2.45) is 16.1 Å². The van der Waals surface area contributed by atoms with Crippen molar-refractivity contribution in [1.29, 1.82) is 0 Å². The van der Waals surface area contributed by atoms with Gasteiger partial charge in [-0.05, 0) is 50.5 Å². The second-order valence-electron chi connectivity index (χ2n) is 9.07. The number of amides is 1. The Morgan fingerprint density at radius 1 is 1.19 bits per heavy atom. The van der Waals surface area contributed by atoms with Crippen LogP contribution in [-0.2, 0) is 26.6 Å². The summed E-state index contributed by atoms with van der Waals surface area (Å²) >= 11 is 0. The van der Waals surface area contributed by atoms with Gasteiger partial charge >= 0.3 is 0 Å². The van der Waals surface area contributed by atoms with Crippen LogP contribution in [-0.4, -0.2) is 38.0 Å². The monoisotopic (exact) mass is 443 g/mol. The van der Waals surface area contributed by atoms with Gasteiger partial charge in [-0.3, -0.25) is 9.69 Å². The van der Waals surface area contributed by atoms with E-state index in [1.165, 1.54) is 11.0 Å². The number of hydrogen-bond donors (Lipinski definition) is 1. The highest BCUT2D eigenvalue weighted by atomic mass is 32.2. The Hall–Kier alpha value is -2.74. The molecule has 0 saturated heterocycles. The summed E-state index contributed by atoms with van der Waals surface area (Å²) < 4.78 is 40.1. The van der Waals surface area contributed by atoms with Crippen molar-refractivity contribution in [2.75, 3.05) is 12.8 Å². The predicted octanol–water partition coefficient (Wildman–Crippen LogP) is 2.97. The van der Waals surface area contributed by atoms with Crippen LogP contribution < -0.4 is 5.73 Å². The Balaban J connectivity index is 1.77. The first-order valence-electron chi connectivity index (χ1n) is 10.1. The average Bonchev–Trinajstić information content (AvgIpc) is 2.97. The van der Waals surface area contributed by atoms with Crippen molar-refractivity contribution < 1.29 is 17.6 Å². The third-order valence-corrected chi connectivity index (χ3v) is 8.77. The van der Waals surface area contributed by atoms with Crippen LogP contribution in [0, 0.1) is 11.2 Å². The Morgan fingerprint density at radius 2 is 1.87 bits per heavy atom. The van der Waals surface area contributed by atoms with Gasteiger partial charge in [0.2, 0.25) is 5.91 Å². The zero-order chi connectivity index (χ0) is 22.8. The van der Waals surface area contributed by atoms with Gasteiger partial charge in [-0.1, -0.05) is 30.3 Å². The standard InChI is InChI=1S/C23H26FN3O3S/c1-22(2)20(28)27(4)21(25)26-23(22,3)17-12-14(9-10-18(17)24)11-15-13-31(29,30)19-8-6-5-7-16(15)19/h5-10,12,15H,11,13H2,1-4H3,(H2,25,26)/t15?,23-/m1/s1. The molecule has 31 heavy (non-hydrogen) atoms. The lowest BCUT2D eigenvalue weighted by molar-refractivity contribution is -0.140. The molecule has 0 saturated carbocycles. The number of rotatable bonds is 3. The van der Waals surface area contributed by atoms with Gasteiger partial charge < -0.3 is 5.73 Å². The third-order valence-electron chi connectivity index (χ3n) is 6.89. The first kappa shape index (κ1) is 21.5. The lowest BCUT2D eigenvalue weighted by atomic mass is 9.67. The molecule has 4 rings (SSSR count). The zero-order valence-electron chi connectivity index (χ0n) is 18.0. The van der Waals surface area contributed by atoms with E-state index in [0.717, 1.165) is 11.1 Å². The number of benzene rings is 2. The van der Waals surface area contributed by atoms with E-state index in [2.05, 4.69) is 4.99 Å². The average molecular weight is 444 g/mol. The largest absolute Gasteiger partial charge is 0.369 e. The molecule has 0 bridgehead atoms. The van der Waals surface area contributed by atoms with E-state index in [0.29, 0.717) is 11.3 Å². The van der Waals surface area contributed by atoms with Gasteiger partial charge in [-0.25, -0.2) is 17.8 Å². The molecule has 0 aromatic heterocycles. The Bertz CT molecular complexity index is 1220. The Labute approximate surface area is 181 Å². The number of sulfone groups is 1. The highest BCUT2D eigenvalue weighted by molar-refractivity contribution is 7.91. The van der Waals surface area contributed by atoms with E-state index in [1.807, 2.05) is 12.1 Å². The van der Waals surface area contributed by atoms with Crippen LogP contribution in [0.15, 0.2) is 52.4 Å². The van der Waals surface area contributed by atoms with Gasteiger partial charge in [0.05, 0.1) is 16.1 Å². The minimum Gasteiger partial charge on any atom is -0.369 e. The molecule has 8 heteroatoms. The number of fused-ring (bicyclic) bond motifs is 1. The fraction of sp³-hybridized carbons (Fsp3) is 0.391. The van der Waals surface area contributed by atoms with Gasteiger partial charge in [0.25, 0.3) is 0 Å². The fourth-order valence-corrected chi connectivity index (χ4v) is 6.53. The van der Waals surface area contributed by atoms with Crippen LogP contribution in [0.2, 0.25) is 0 Å². The summed E-state index contributed by atoms with van der Waals surface area (Å²) in [6.45, 7) is 5.17. The molecule has 2 heterocycles. The molecule has 2 N–H and O–H groups in total. The minimum atomic E-state index is -3.33. The molecule has 164 valence electrons. The Morgan fingerprint density at radius 3 is 2.58 bits per heavy atom.